The van der Waals surface area contributed by atoms with Crippen molar-refractivity contribution < 1.29 is 18.8 Å². The average molecular weight is 503 g/mol. The van der Waals surface area contributed by atoms with Crippen LogP contribution in [0.15, 0.2) is 66.7 Å². The van der Waals surface area contributed by atoms with E-state index in [0.29, 0.717) is 35.6 Å². The van der Waals surface area contributed by atoms with Crippen LogP contribution in [-0.4, -0.2) is 17.7 Å². The van der Waals surface area contributed by atoms with Crippen molar-refractivity contribution in [2.45, 2.75) is 45.8 Å². The van der Waals surface area contributed by atoms with Gasteiger partial charge in [-0.05, 0) is 52.9 Å². The first kappa shape index (κ1) is 26.0. The molecule has 0 bridgehead atoms. The van der Waals surface area contributed by atoms with Gasteiger partial charge < -0.3 is 21.3 Å². The second-order valence-electron chi connectivity index (χ2n) is 9.62. The molecule has 1 aliphatic heterocycles. The second-order valence-corrected chi connectivity index (χ2v) is 9.62. The monoisotopic (exact) mass is 502 g/mol. The quantitative estimate of drug-likeness (QED) is 0.436. The van der Waals surface area contributed by atoms with Crippen LogP contribution in [0.3, 0.4) is 0 Å². The molecular weight excluding hydrogens is 471 g/mol. The SMILES string of the molecule is CC(C)CC(=O)N1c2ccc(C(=O)NCc3cccc(CN)c3)cc2NC(=O)CC1c1ccc(F)cc1. The fraction of sp³-hybridized carbons (Fsp3) is 0.276. The van der Waals surface area contributed by atoms with E-state index in [1.807, 2.05) is 38.1 Å². The summed E-state index contributed by atoms with van der Waals surface area (Å²) in [6, 6.07) is 17.8. The lowest BCUT2D eigenvalue weighted by Gasteiger charge is -2.31. The number of fused-ring (bicyclic) bond motifs is 1. The first-order valence-electron chi connectivity index (χ1n) is 12.3. The molecule has 0 spiro atoms. The number of nitrogens with zero attached hydrogens (tertiary/aromatic N) is 1. The first-order chi connectivity index (χ1) is 17.7. The van der Waals surface area contributed by atoms with E-state index in [1.165, 1.54) is 12.1 Å². The summed E-state index contributed by atoms with van der Waals surface area (Å²) in [6.07, 6.45) is 0.276. The summed E-state index contributed by atoms with van der Waals surface area (Å²) < 4.78 is 13.6. The zero-order valence-electron chi connectivity index (χ0n) is 21.0. The van der Waals surface area contributed by atoms with Gasteiger partial charge in [0.15, 0.2) is 0 Å². The number of rotatable bonds is 7. The van der Waals surface area contributed by atoms with Crippen LogP contribution in [0.25, 0.3) is 0 Å². The van der Waals surface area contributed by atoms with Crippen molar-refractivity contribution in [3.8, 4) is 0 Å². The highest BCUT2D eigenvalue weighted by atomic mass is 19.1. The Morgan fingerprint density at radius 2 is 1.81 bits per heavy atom. The Morgan fingerprint density at radius 1 is 1.08 bits per heavy atom. The maximum absolute atomic E-state index is 13.6. The lowest BCUT2D eigenvalue weighted by Crippen LogP contribution is -2.36. The Labute approximate surface area is 215 Å². The Morgan fingerprint density at radius 3 is 2.51 bits per heavy atom. The van der Waals surface area contributed by atoms with E-state index < -0.39 is 11.9 Å². The molecule has 3 amide bonds. The standard InChI is InChI=1S/C29H31FN4O3/c1-18(2)12-28(36)34-25-11-8-22(29(37)32-17-20-5-3-4-19(13-20)16-31)14-24(25)33-27(35)15-26(34)21-6-9-23(30)10-7-21/h3-11,13-14,18,26H,12,15-17,31H2,1-2H3,(H,32,37)(H,33,35). The minimum atomic E-state index is -0.609. The fourth-order valence-corrected chi connectivity index (χ4v) is 4.48. The number of nitrogens with one attached hydrogen (secondary N) is 2. The zero-order valence-corrected chi connectivity index (χ0v) is 21.0. The molecule has 7 nitrogen and oxygen atoms in total. The molecule has 192 valence electrons. The summed E-state index contributed by atoms with van der Waals surface area (Å²) in [5, 5.41) is 5.75. The molecule has 0 saturated heterocycles. The average Bonchev–Trinajstić information content (AvgIpc) is 3.02. The summed E-state index contributed by atoms with van der Waals surface area (Å²) in [6.45, 7) is 4.63. The van der Waals surface area contributed by atoms with Crippen LogP contribution in [0, 0.1) is 11.7 Å². The van der Waals surface area contributed by atoms with E-state index in [2.05, 4.69) is 10.6 Å². The van der Waals surface area contributed by atoms with Gasteiger partial charge in [0.05, 0.1) is 23.8 Å². The van der Waals surface area contributed by atoms with Gasteiger partial charge in [0.1, 0.15) is 5.82 Å². The third-order valence-corrected chi connectivity index (χ3v) is 6.27. The summed E-state index contributed by atoms with van der Waals surface area (Å²) in [7, 11) is 0. The molecule has 0 saturated carbocycles. The highest BCUT2D eigenvalue weighted by molar-refractivity contribution is 6.06. The molecule has 1 atom stereocenters. The van der Waals surface area contributed by atoms with Gasteiger partial charge in [-0.2, -0.15) is 0 Å². The van der Waals surface area contributed by atoms with Gasteiger partial charge in [0.2, 0.25) is 11.8 Å². The van der Waals surface area contributed by atoms with Gasteiger partial charge in [-0.15, -0.1) is 0 Å². The molecule has 0 aromatic heterocycles. The number of hydrogen-bond acceptors (Lipinski definition) is 4. The topological polar surface area (TPSA) is 105 Å². The van der Waals surface area contributed by atoms with Crippen LogP contribution in [0.1, 0.15) is 59.8 Å². The van der Waals surface area contributed by atoms with Crippen molar-refractivity contribution in [2.75, 3.05) is 10.2 Å². The predicted molar refractivity (Wildman–Crippen MR) is 141 cm³/mol. The largest absolute Gasteiger partial charge is 0.348 e. The fourth-order valence-electron chi connectivity index (χ4n) is 4.48. The van der Waals surface area contributed by atoms with E-state index >= 15 is 0 Å². The Bertz CT molecular complexity index is 1310. The molecule has 3 aromatic carbocycles. The van der Waals surface area contributed by atoms with Gasteiger partial charge in [0, 0.05) is 25.1 Å². The van der Waals surface area contributed by atoms with Crippen LogP contribution in [0.5, 0.6) is 0 Å². The van der Waals surface area contributed by atoms with Crippen LogP contribution >= 0.6 is 0 Å². The molecule has 0 radical (unpaired) electrons. The van der Waals surface area contributed by atoms with E-state index in [0.717, 1.165) is 11.1 Å². The maximum Gasteiger partial charge on any atom is 0.251 e. The molecule has 3 aromatic rings. The molecular formula is C29H31FN4O3. The molecule has 37 heavy (non-hydrogen) atoms. The number of hydrogen-bond donors (Lipinski definition) is 3. The second kappa shape index (κ2) is 11.3. The molecule has 1 unspecified atom stereocenters. The number of amides is 3. The maximum atomic E-state index is 13.6. The van der Waals surface area contributed by atoms with E-state index in [1.54, 1.807) is 35.2 Å². The van der Waals surface area contributed by atoms with Gasteiger partial charge in [-0.1, -0.05) is 50.2 Å². The Balaban J connectivity index is 1.65. The summed E-state index contributed by atoms with van der Waals surface area (Å²) in [4.78, 5) is 40.9. The molecule has 0 fully saturated rings. The van der Waals surface area contributed by atoms with Gasteiger partial charge >= 0.3 is 0 Å². The summed E-state index contributed by atoms with van der Waals surface area (Å²) >= 11 is 0. The molecule has 4 rings (SSSR count). The highest BCUT2D eigenvalue weighted by Gasteiger charge is 2.34. The molecule has 1 aliphatic rings. The lowest BCUT2D eigenvalue weighted by molar-refractivity contribution is -0.120. The molecule has 8 heteroatoms. The smallest absolute Gasteiger partial charge is 0.251 e. The Kier molecular flexibility index (Phi) is 7.98. The van der Waals surface area contributed by atoms with E-state index in [-0.39, 0.29) is 36.5 Å². The van der Waals surface area contributed by atoms with E-state index in [4.69, 9.17) is 5.73 Å². The van der Waals surface area contributed by atoms with Crippen molar-refractivity contribution in [2.24, 2.45) is 11.7 Å². The molecule has 0 aliphatic carbocycles. The van der Waals surface area contributed by atoms with Crippen molar-refractivity contribution in [3.63, 3.8) is 0 Å². The summed E-state index contributed by atoms with van der Waals surface area (Å²) in [5.41, 5.74) is 9.48. The predicted octanol–water partition coefficient (Wildman–Crippen LogP) is 4.68. The van der Waals surface area contributed by atoms with Crippen molar-refractivity contribution in [1.29, 1.82) is 0 Å². The first-order valence-corrected chi connectivity index (χ1v) is 12.3. The minimum Gasteiger partial charge on any atom is -0.348 e. The lowest BCUT2D eigenvalue weighted by atomic mass is 9.99. The van der Waals surface area contributed by atoms with Gasteiger partial charge in [-0.3, -0.25) is 14.4 Å². The Hall–Kier alpha value is -4.04. The molecule has 1 heterocycles. The van der Waals surface area contributed by atoms with Crippen molar-refractivity contribution in [1.82, 2.24) is 5.32 Å². The van der Waals surface area contributed by atoms with Gasteiger partial charge in [-0.25, -0.2) is 4.39 Å². The van der Waals surface area contributed by atoms with Crippen molar-refractivity contribution >= 4 is 29.1 Å². The number of carbonyl (C=O) groups is 3. The number of nitrogens with two attached hydrogens (primary N) is 1. The number of benzene rings is 3. The highest BCUT2D eigenvalue weighted by Crippen LogP contribution is 2.39. The van der Waals surface area contributed by atoms with E-state index in [9.17, 15) is 18.8 Å². The van der Waals surface area contributed by atoms with Crippen LogP contribution in [0.4, 0.5) is 15.8 Å². The van der Waals surface area contributed by atoms with Crippen LogP contribution in [0.2, 0.25) is 0 Å². The third-order valence-electron chi connectivity index (χ3n) is 6.27. The third kappa shape index (κ3) is 6.21. The number of halogens is 1. The van der Waals surface area contributed by atoms with Gasteiger partial charge in [0.25, 0.3) is 5.91 Å². The number of anilines is 2. The molecule has 4 N–H and O–H groups in total. The van der Waals surface area contributed by atoms with Crippen LogP contribution in [-0.2, 0) is 22.7 Å². The normalized spacial score (nSPS) is 15.1. The van der Waals surface area contributed by atoms with Crippen LogP contribution < -0.4 is 21.3 Å². The zero-order chi connectivity index (χ0) is 26.5. The number of carbonyl (C=O) groups excluding carboxylic acids is 3. The summed E-state index contributed by atoms with van der Waals surface area (Å²) in [5.74, 6) is -1.06. The minimum absolute atomic E-state index is 0.00314. The van der Waals surface area contributed by atoms with Crippen molar-refractivity contribution in [3.05, 3.63) is 94.8 Å².